The average Bonchev–Trinajstić information content (AvgIpc) is 2.03. The molecule has 0 aromatic heterocycles. The molecule has 0 aromatic rings. The third-order valence-corrected chi connectivity index (χ3v) is 1.39. The number of ether oxygens (including phenoxy) is 2. The van der Waals surface area contributed by atoms with Crippen molar-refractivity contribution in [3.05, 3.63) is 0 Å². The Labute approximate surface area is 68.3 Å². The van der Waals surface area contributed by atoms with Crippen LogP contribution >= 0.6 is 0 Å². The minimum atomic E-state index is -0.0912. The minimum absolute atomic E-state index is 0.0912. The summed E-state index contributed by atoms with van der Waals surface area (Å²) in [5.41, 5.74) is 0. The molecule has 1 N–H and O–H groups in total. The third kappa shape index (κ3) is 6.28. The molecule has 0 radical (unpaired) electrons. The summed E-state index contributed by atoms with van der Waals surface area (Å²) in [5.74, 6) is 0. The van der Waals surface area contributed by atoms with Crippen molar-refractivity contribution in [2.75, 3.05) is 20.3 Å². The maximum absolute atomic E-state index is 8.46. The Hall–Kier alpha value is -0.120. The minimum Gasteiger partial charge on any atom is -0.396 e. The Balaban J connectivity index is 3.20. The molecule has 0 fully saturated rings. The van der Waals surface area contributed by atoms with Gasteiger partial charge in [0.2, 0.25) is 0 Å². The normalized spacial score (nSPS) is 13.4. The molecule has 68 valence electrons. The maximum atomic E-state index is 8.46. The standard InChI is InChI=1S/C8H18O3/c1-3-5-8(10-2)11-7-4-6-9/h8-9H,3-7H2,1-2H3. The van der Waals surface area contributed by atoms with Gasteiger partial charge in [0, 0.05) is 13.7 Å². The van der Waals surface area contributed by atoms with Crippen molar-refractivity contribution in [1.29, 1.82) is 0 Å². The van der Waals surface area contributed by atoms with Gasteiger partial charge in [-0.3, -0.25) is 0 Å². The fraction of sp³-hybridized carbons (Fsp3) is 1.00. The smallest absolute Gasteiger partial charge is 0.157 e. The molecular formula is C8H18O3. The lowest BCUT2D eigenvalue weighted by atomic mass is 10.3. The molecule has 1 atom stereocenters. The van der Waals surface area contributed by atoms with E-state index in [2.05, 4.69) is 6.92 Å². The van der Waals surface area contributed by atoms with Crippen LogP contribution < -0.4 is 0 Å². The molecule has 1 unspecified atom stereocenters. The second-order valence-electron chi connectivity index (χ2n) is 2.40. The van der Waals surface area contributed by atoms with Crippen LogP contribution in [-0.4, -0.2) is 31.7 Å². The SMILES string of the molecule is CCCC(OC)OCCCO. The van der Waals surface area contributed by atoms with Gasteiger partial charge in [-0.05, 0) is 12.8 Å². The fourth-order valence-electron chi connectivity index (χ4n) is 0.784. The van der Waals surface area contributed by atoms with Gasteiger partial charge in [0.25, 0.3) is 0 Å². The van der Waals surface area contributed by atoms with Crippen LogP contribution in [0.1, 0.15) is 26.2 Å². The number of aliphatic hydroxyl groups excluding tert-OH is 1. The third-order valence-electron chi connectivity index (χ3n) is 1.39. The lowest BCUT2D eigenvalue weighted by Crippen LogP contribution is -2.16. The molecule has 0 amide bonds. The topological polar surface area (TPSA) is 38.7 Å². The van der Waals surface area contributed by atoms with Crippen LogP contribution in [0.25, 0.3) is 0 Å². The molecule has 0 bridgehead atoms. The highest BCUT2D eigenvalue weighted by Gasteiger charge is 2.03. The van der Waals surface area contributed by atoms with E-state index in [9.17, 15) is 0 Å². The first-order valence-electron chi connectivity index (χ1n) is 4.10. The van der Waals surface area contributed by atoms with Gasteiger partial charge in [-0.25, -0.2) is 0 Å². The van der Waals surface area contributed by atoms with Crippen molar-refractivity contribution in [1.82, 2.24) is 0 Å². The van der Waals surface area contributed by atoms with Crippen LogP contribution in [0, 0.1) is 0 Å². The highest BCUT2D eigenvalue weighted by atomic mass is 16.7. The van der Waals surface area contributed by atoms with Crippen molar-refractivity contribution in [3.63, 3.8) is 0 Å². The van der Waals surface area contributed by atoms with Crippen molar-refractivity contribution in [2.45, 2.75) is 32.5 Å². The quantitative estimate of drug-likeness (QED) is 0.451. The molecule has 0 aliphatic carbocycles. The zero-order valence-corrected chi connectivity index (χ0v) is 7.38. The van der Waals surface area contributed by atoms with Crippen LogP contribution in [0.3, 0.4) is 0 Å². The van der Waals surface area contributed by atoms with Crippen molar-refractivity contribution < 1.29 is 14.6 Å². The van der Waals surface area contributed by atoms with Crippen molar-refractivity contribution in [3.8, 4) is 0 Å². The monoisotopic (exact) mass is 162 g/mol. The molecule has 0 saturated heterocycles. The Morgan fingerprint density at radius 2 is 2.18 bits per heavy atom. The van der Waals surface area contributed by atoms with Gasteiger partial charge in [0.05, 0.1) is 6.61 Å². The number of aliphatic hydroxyl groups is 1. The number of hydrogen-bond donors (Lipinski definition) is 1. The molecule has 0 aliphatic heterocycles. The predicted molar refractivity (Wildman–Crippen MR) is 43.4 cm³/mol. The van der Waals surface area contributed by atoms with E-state index in [-0.39, 0.29) is 12.9 Å². The Morgan fingerprint density at radius 3 is 2.64 bits per heavy atom. The van der Waals surface area contributed by atoms with Crippen LogP contribution in [0.5, 0.6) is 0 Å². The Kier molecular flexibility index (Phi) is 7.89. The second kappa shape index (κ2) is 7.98. The lowest BCUT2D eigenvalue weighted by molar-refractivity contribution is -0.129. The molecule has 3 nitrogen and oxygen atoms in total. The molecule has 0 spiro atoms. The average molecular weight is 162 g/mol. The van der Waals surface area contributed by atoms with E-state index in [0.29, 0.717) is 13.0 Å². The van der Waals surface area contributed by atoms with Gasteiger partial charge < -0.3 is 14.6 Å². The molecule has 3 heteroatoms. The van der Waals surface area contributed by atoms with Crippen LogP contribution in [0.15, 0.2) is 0 Å². The molecular weight excluding hydrogens is 144 g/mol. The molecule has 0 heterocycles. The molecule has 0 aliphatic rings. The predicted octanol–water partition coefficient (Wildman–Crippen LogP) is 1.16. The zero-order chi connectivity index (χ0) is 8.53. The Morgan fingerprint density at radius 1 is 1.45 bits per heavy atom. The molecule has 0 saturated carbocycles. The number of methoxy groups -OCH3 is 1. The summed E-state index contributed by atoms with van der Waals surface area (Å²) in [6.07, 6.45) is 2.56. The second-order valence-corrected chi connectivity index (χ2v) is 2.40. The lowest BCUT2D eigenvalue weighted by Gasteiger charge is -2.14. The van der Waals surface area contributed by atoms with Gasteiger partial charge in [0.15, 0.2) is 6.29 Å². The fourth-order valence-corrected chi connectivity index (χ4v) is 0.784. The van der Waals surface area contributed by atoms with E-state index >= 15 is 0 Å². The van der Waals surface area contributed by atoms with E-state index in [1.54, 1.807) is 7.11 Å². The first-order valence-corrected chi connectivity index (χ1v) is 4.10. The van der Waals surface area contributed by atoms with Gasteiger partial charge in [-0.1, -0.05) is 13.3 Å². The van der Waals surface area contributed by atoms with Crippen molar-refractivity contribution in [2.24, 2.45) is 0 Å². The number of rotatable bonds is 7. The summed E-state index contributed by atoms with van der Waals surface area (Å²) >= 11 is 0. The summed E-state index contributed by atoms with van der Waals surface area (Å²) in [4.78, 5) is 0. The Bertz CT molecular complexity index is 75.7. The van der Waals surface area contributed by atoms with Gasteiger partial charge in [0.1, 0.15) is 0 Å². The van der Waals surface area contributed by atoms with Gasteiger partial charge in [-0.2, -0.15) is 0 Å². The molecule has 0 rings (SSSR count). The number of hydrogen-bond acceptors (Lipinski definition) is 3. The van der Waals surface area contributed by atoms with E-state index in [1.807, 2.05) is 0 Å². The summed E-state index contributed by atoms with van der Waals surface area (Å²) in [6, 6.07) is 0. The van der Waals surface area contributed by atoms with E-state index in [0.717, 1.165) is 12.8 Å². The van der Waals surface area contributed by atoms with E-state index in [4.69, 9.17) is 14.6 Å². The summed E-state index contributed by atoms with van der Waals surface area (Å²) < 4.78 is 10.3. The largest absolute Gasteiger partial charge is 0.396 e. The molecule has 0 aromatic carbocycles. The van der Waals surface area contributed by atoms with Crippen LogP contribution in [-0.2, 0) is 9.47 Å². The first-order chi connectivity index (χ1) is 5.35. The highest BCUT2D eigenvalue weighted by molar-refractivity contribution is 4.42. The van der Waals surface area contributed by atoms with E-state index < -0.39 is 0 Å². The van der Waals surface area contributed by atoms with E-state index in [1.165, 1.54) is 0 Å². The van der Waals surface area contributed by atoms with Gasteiger partial charge >= 0.3 is 0 Å². The molecule has 11 heavy (non-hydrogen) atoms. The summed E-state index contributed by atoms with van der Waals surface area (Å²) in [6.45, 7) is 2.85. The van der Waals surface area contributed by atoms with Crippen molar-refractivity contribution >= 4 is 0 Å². The van der Waals surface area contributed by atoms with Gasteiger partial charge in [-0.15, -0.1) is 0 Å². The van der Waals surface area contributed by atoms with Crippen LogP contribution in [0.2, 0.25) is 0 Å². The maximum Gasteiger partial charge on any atom is 0.157 e. The highest BCUT2D eigenvalue weighted by Crippen LogP contribution is 2.02. The zero-order valence-electron chi connectivity index (χ0n) is 7.38. The summed E-state index contributed by atoms with van der Waals surface area (Å²) in [7, 11) is 1.64. The summed E-state index contributed by atoms with van der Waals surface area (Å²) in [5, 5.41) is 8.46. The van der Waals surface area contributed by atoms with Crippen LogP contribution in [0.4, 0.5) is 0 Å². The first kappa shape index (κ1) is 10.9.